The average Bonchev–Trinajstić information content (AvgIpc) is 2.75. The molecule has 29 heavy (non-hydrogen) atoms. The van der Waals surface area contributed by atoms with E-state index >= 15 is 0 Å². The Hall–Kier alpha value is -1.59. The van der Waals surface area contributed by atoms with Gasteiger partial charge in [0.15, 0.2) is 5.96 Å². The summed E-state index contributed by atoms with van der Waals surface area (Å²) in [6.07, 6.45) is 0. The summed E-state index contributed by atoms with van der Waals surface area (Å²) in [6, 6.07) is 7.48. The van der Waals surface area contributed by atoms with Gasteiger partial charge in [0.1, 0.15) is 5.75 Å². The van der Waals surface area contributed by atoms with Crippen molar-refractivity contribution in [2.24, 2.45) is 4.99 Å². The second-order valence-electron chi connectivity index (χ2n) is 6.63. The molecule has 0 saturated carbocycles. The van der Waals surface area contributed by atoms with Gasteiger partial charge in [-0.05, 0) is 32.0 Å². The van der Waals surface area contributed by atoms with Gasteiger partial charge in [0.05, 0.1) is 26.9 Å². The fourth-order valence-electron chi connectivity index (χ4n) is 2.92. The number of carbonyl (C=O) groups excluding carboxylic acids is 1. The van der Waals surface area contributed by atoms with Gasteiger partial charge in [-0.1, -0.05) is 6.07 Å². The Morgan fingerprint density at radius 2 is 1.97 bits per heavy atom. The zero-order chi connectivity index (χ0) is 20.2. The summed E-state index contributed by atoms with van der Waals surface area (Å²) in [5.41, 5.74) is 0.583. The van der Waals surface area contributed by atoms with E-state index in [0.717, 1.165) is 38.8 Å². The van der Waals surface area contributed by atoms with Crippen LogP contribution < -0.4 is 20.7 Å². The number of rotatable bonds is 9. The van der Waals surface area contributed by atoms with Crippen LogP contribution >= 0.6 is 24.0 Å². The number of morpholine rings is 1. The second kappa shape index (κ2) is 14.4. The molecule has 0 radical (unpaired) electrons. The first-order valence-corrected chi connectivity index (χ1v) is 9.90. The SMILES string of the molecule is CCNC(=NCC(C)N1CCOCC1)NCCNC(=O)c1cccc(OC)c1.I. The average molecular weight is 519 g/mol. The summed E-state index contributed by atoms with van der Waals surface area (Å²) < 4.78 is 10.6. The lowest BCUT2D eigenvalue weighted by atomic mass is 10.2. The molecule has 1 saturated heterocycles. The molecule has 164 valence electrons. The first kappa shape index (κ1) is 25.4. The van der Waals surface area contributed by atoms with Crippen molar-refractivity contribution in [3.8, 4) is 5.75 Å². The third-order valence-electron chi connectivity index (χ3n) is 4.56. The van der Waals surface area contributed by atoms with E-state index in [1.54, 1.807) is 25.3 Å². The third-order valence-corrected chi connectivity index (χ3v) is 4.56. The number of nitrogens with zero attached hydrogens (tertiary/aromatic N) is 2. The highest BCUT2D eigenvalue weighted by atomic mass is 127. The number of ether oxygens (including phenoxy) is 2. The molecule has 8 nitrogen and oxygen atoms in total. The van der Waals surface area contributed by atoms with Crippen molar-refractivity contribution in [2.45, 2.75) is 19.9 Å². The molecule has 0 spiro atoms. The van der Waals surface area contributed by atoms with E-state index in [-0.39, 0.29) is 29.9 Å². The number of aliphatic imine (C=N–C) groups is 1. The van der Waals surface area contributed by atoms with Gasteiger partial charge in [-0.15, -0.1) is 24.0 Å². The Balaban J connectivity index is 0.00000420. The van der Waals surface area contributed by atoms with Crippen LogP contribution in [0.15, 0.2) is 29.3 Å². The van der Waals surface area contributed by atoms with Gasteiger partial charge in [-0.25, -0.2) is 0 Å². The van der Waals surface area contributed by atoms with Crippen molar-refractivity contribution < 1.29 is 14.3 Å². The van der Waals surface area contributed by atoms with Crippen molar-refractivity contribution in [3.05, 3.63) is 29.8 Å². The van der Waals surface area contributed by atoms with Crippen LogP contribution in [0.25, 0.3) is 0 Å². The standard InChI is InChI=1S/C20H33N5O3.HI/c1-4-21-20(24-15-16(2)25-10-12-28-13-11-25)23-9-8-22-19(26)17-6-5-7-18(14-17)27-3;/h5-7,14,16H,4,8-13,15H2,1-3H3,(H,22,26)(H2,21,23,24);1H. The van der Waals surface area contributed by atoms with Gasteiger partial charge in [-0.2, -0.15) is 0 Å². The maximum absolute atomic E-state index is 12.2. The molecule has 0 aliphatic carbocycles. The van der Waals surface area contributed by atoms with Gasteiger partial charge < -0.3 is 25.4 Å². The molecule has 1 atom stereocenters. The summed E-state index contributed by atoms with van der Waals surface area (Å²) in [4.78, 5) is 19.3. The Labute approximate surface area is 190 Å². The van der Waals surface area contributed by atoms with E-state index in [9.17, 15) is 4.79 Å². The highest BCUT2D eigenvalue weighted by Crippen LogP contribution is 2.12. The molecule has 0 aromatic heterocycles. The number of nitrogens with one attached hydrogen (secondary N) is 3. The van der Waals surface area contributed by atoms with E-state index in [2.05, 4.69) is 32.8 Å². The first-order chi connectivity index (χ1) is 13.6. The first-order valence-electron chi connectivity index (χ1n) is 9.90. The number of amides is 1. The minimum atomic E-state index is -0.122. The lowest BCUT2D eigenvalue weighted by Crippen LogP contribution is -2.45. The lowest BCUT2D eigenvalue weighted by Gasteiger charge is -2.31. The van der Waals surface area contributed by atoms with Gasteiger partial charge in [0.2, 0.25) is 0 Å². The van der Waals surface area contributed by atoms with Crippen LogP contribution in [0.1, 0.15) is 24.2 Å². The fraction of sp³-hybridized carbons (Fsp3) is 0.600. The highest BCUT2D eigenvalue weighted by molar-refractivity contribution is 14.0. The van der Waals surface area contributed by atoms with Crippen molar-refractivity contribution in [3.63, 3.8) is 0 Å². The normalized spacial score (nSPS) is 15.8. The minimum Gasteiger partial charge on any atom is -0.497 e. The number of hydrogen-bond acceptors (Lipinski definition) is 5. The molecule has 1 fully saturated rings. The van der Waals surface area contributed by atoms with Crippen LogP contribution in [0, 0.1) is 0 Å². The van der Waals surface area contributed by atoms with E-state index in [1.165, 1.54) is 0 Å². The molecule has 3 N–H and O–H groups in total. The topological polar surface area (TPSA) is 87.2 Å². The summed E-state index contributed by atoms with van der Waals surface area (Å²) in [5.74, 6) is 1.31. The molecule has 0 bridgehead atoms. The number of hydrogen-bond donors (Lipinski definition) is 3. The van der Waals surface area contributed by atoms with Crippen molar-refractivity contribution in [1.82, 2.24) is 20.9 Å². The molecule has 1 aromatic carbocycles. The zero-order valence-corrected chi connectivity index (χ0v) is 19.9. The van der Waals surface area contributed by atoms with Gasteiger partial charge >= 0.3 is 0 Å². The largest absolute Gasteiger partial charge is 0.497 e. The zero-order valence-electron chi connectivity index (χ0n) is 17.6. The quantitative estimate of drug-likeness (QED) is 0.198. The lowest BCUT2D eigenvalue weighted by molar-refractivity contribution is 0.0220. The number of benzene rings is 1. The molecule has 1 heterocycles. The number of methoxy groups -OCH3 is 1. The maximum Gasteiger partial charge on any atom is 0.251 e. The van der Waals surface area contributed by atoms with Crippen LogP contribution in [-0.2, 0) is 4.74 Å². The van der Waals surface area contributed by atoms with E-state index in [0.29, 0.717) is 37.0 Å². The summed E-state index contributed by atoms with van der Waals surface area (Å²) in [5, 5.41) is 9.41. The Kier molecular flexibility index (Phi) is 12.6. The fourth-order valence-corrected chi connectivity index (χ4v) is 2.92. The molecule has 1 aliphatic rings. The molecular formula is C20H34IN5O3. The molecule has 1 aromatic rings. The van der Waals surface area contributed by atoms with Crippen molar-refractivity contribution >= 4 is 35.8 Å². The van der Waals surface area contributed by atoms with Crippen molar-refractivity contribution in [1.29, 1.82) is 0 Å². The highest BCUT2D eigenvalue weighted by Gasteiger charge is 2.16. The molecular weight excluding hydrogens is 485 g/mol. The molecule has 1 aliphatic heterocycles. The van der Waals surface area contributed by atoms with Crippen LogP contribution in [0.3, 0.4) is 0 Å². The predicted molar refractivity (Wildman–Crippen MR) is 127 cm³/mol. The monoisotopic (exact) mass is 519 g/mol. The number of halogens is 1. The van der Waals surface area contributed by atoms with Crippen molar-refractivity contribution in [2.75, 3.05) is 59.6 Å². The van der Waals surface area contributed by atoms with E-state index in [4.69, 9.17) is 9.47 Å². The summed E-state index contributed by atoms with van der Waals surface area (Å²) in [7, 11) is 1.59. The molecule has 1 amide bonds. The summed E-state index contributed by atoms with van der Waals surface area (Å²) >= 11 is 0. The number of carbonyl (C=O) groups is 1. The van der Waals surface area contributed by atoms with Gasteiger partial charge in [0.25, 0.3) is 5.91 Å². The number of guanidine groups is 1. The van der Waals surface area contributed by atoms with Crippen LogP contribution in [0.5, 0.6) is 5.75 Å². The minimum absolute atomic E-state index is 0. The molecule has 1 unspecified atom stereocenters. The van der Waals surface area contributed by atoms with E-state index < -0.39 is 0 Å². The Morgan fingerprint density at radius 1 is 1.24 bits per heavy atom. The van der Waals surface area contributed by atoms with Gasteiger partial charge in [0, 0.05) is 44.3 Å². The summed E-state index contributed by atoms with van der Waals surface area (Å²) in [6.45, 7) is 10.3. The smallest absolute Gasteiger partial charge is 0.251 e. The third kappa shape index (κ3) is 9.18. The predicted octanol–water partition coefficient (Wildman–Crippen LogP) is 1.32. The molecule has 9 heteroatoms. The Morgan fingerprint density at radius 3 is 2.66 bits per heavy atom. The molecule has 2 rings (SSSR count). The second-order valence-corrected chi connectivity index (χ2v) is 6.63. The van der Waals surface area contributed by atoms with Crippen LogP contribution in [-0.4, -0.2) is 82.4 Å². The maximum atomic E-state index is 12.2. The van der Waals surface area contributed by atoms with Gasteiger partial charge in [-0.3, -0.25) is 14.7 Å². The van der Waals surface area contributed by atoms with Crippen LogP contribution in [0.4, 0.5) is 0 Å². The van der Waals surface area contributed by atoms with E-state index in [1.807, 2.05) is 13.0 Å². The van der Waals surface area contributed by atoms with Crippen LogP contribution in [0.2, 0.25) is 0 Å². The Bertz CT molecular complexity index is 638.